The molecule has 0 saturated heterocycles. The first-order valence-electron chi connectivity index (χ1n) is 11.5. The van der Waals surface area contributed by atoms with Crippen molar-refractivity contribution in [2.45, 2.75) is 58.4 Å². The highest BCUT2D eigenvalue weighted by atomic mass is 32.1. The van der Waals surface area contributed by atoms with Crippen molar-refractivity contribution in [1.82, 2.24) is 5.32 Å². The fourth-order valence-electron chi connectivity index (χ4n) is 5.74. The lowest BCUT2D eigenvalue weighted by Crippen LogP contribution is -2.61. The first kappa shape index (κ1) is 22.8. The molecule has 3 saturated carbocycles. The molecular weight excluding hydrogens is 422 g/mol. The molecule has 3 aliphatic rings. The summed E-state index contributed by atoms with van der Waals surface area (Å²) in [5.74, 6) is 1.70. The second-order valence-electron chi connectivity index (χ2n) is 9.84. The number of allylic oxidation sites excluding steroid dienone is 2. The molecule has 1 amide bonds. The van der Waals surface area contributed by atoms with Gasteiger partial charge in [-0.25, -0.2) is 0 Å². The molecule has 0 unspecified atom stereocenters. The number of nitrogens with one attached hydrogen (secondary N) is 1. The largest absolute Gasteiger partial charge is 0.497 e. The van der Waals surface area contributed by atoms with Crippen LogP contribution in [0.15, 0.2) is 35.7 Å². The summed E-state index contributed by atoms with van der Waals surface area (Å²) < 4.78 is 6.44. The molecule has 0 radical (unpaired) electrons. The molecule has 172 valence electrons. The second-order valence-corrected chi connectivity index (χ2v) is 10.8. The number of unbranched alkanes of at least 4 members (excludes halogenated alkanes) is 1. The zero-order chi connectivity index (χ0) is 22.9. The predicted octanol–water partition coefficient (Wildman–Crippen LogP) is 5.89. The van der Waals surface area contributed by atoms with E-state index in [1.165, 1.54) is 6.42 Å². The van der Waals surface area contributed by atoms with Crippen molar-refractivity contribution in [3.8, 4) is 5.75 Å². The fraction of sp³-hybridized carbons (Fsp3) is 0.538. The van der Waals surface area contributed by atoms with Gasteiger partial charge in [0.05, 0.1) is 12.7 Å². The number of carbonyl (C=O) groups excluding carboxylic acids is 1. The van der Waals surface area contributed by atoms with Gasteiger partial charge in [0.1, 0.15) is 5.75 Å². The van der Waals surface area contributed by atoms with E-state index < -0.39 is 5.97 Å². The van der Waals surface area contributed by atoms with Gasteiger partial charge >= 0.3 is 5.97 Å². The van der Waals surface area contributed by atoms with Gasteiger partial charge in [-0.15, -0.1) is 11.3 Å². The summed E-state index contributed by atoms with van der Waals surface area (Å²) in [7, 11) is 1.64. The number of hydrogen-bond acceptors (Lipinski definition) is 4. The van der Waals surface area contributed by atoms with Gasteiger partial charge in [0, 0.05) is 27.9 Å². The van der Waals surface area contributed by atoms with E-state index in [1.807, 2.05) is 23.6 Å². The van der Waals surface area contributed by atoms with Crippen LogP contribution in [0.25, 0.3) is 10.1 Å². The van der Waals surface area contributed by atoms with Crippen molar-refractivity contribution in [3.63, 3.8) is 0 Å². The number of carboxylic acid groups (broad SMARTS) is 1. The van der Waals surface area contributed by atoms with Gasteiger partial charge in [0.15, 0.2) is 0 Å². The van der Waals surface area contributed by atoms with Crippen molar-refractivity contribution >= 4 is 33.3 Å². The van der Waals surface area contributed by atoms with Gasteiger partial charge in [-0.1, -0.05) is 26.0 Å². The Morgan fingerprint density at radius 2 is 2.09 bits per heavy atom. The highest BCUT2D eigenvalue weighted by Gasteiger charge is 2.57. The van der Waals surface area contributed by atoms with Crippen LogP contribution in [0, 0.1) is 23.2 Å². The summed E-state index contributed by atoms with van der Waals surface area (Å²) in [5, 5.41) is 15.1. The molecule has 32 heavy (non-hydrogen) atoms. The Balaban J connectivity index is 1.46. The third kappa shape index (κ3) is 4.42. The van der Waals surface area contributed by atoms with Crippen LogP contribution in [0.1, 0.15) is 62.7 Å². The van der Waals surface area contributed by atoms with Gasteiger partial charge in [-0.2, -0.15) is 0 Å². The average Bonchev–Trinajstić information content (AvgIpc) is 3.19. The lowest BCUT2D eigenvalue weighted by Gasteiger charge is -2.62. The van der Waals surface area contributed by atoms with Crippen LogP contribution < -0.4 is 10.1 Å². The summed E-state index contributed by atoms with van der Waals surface area (Å²) in [5.41, 5.74) is 1.05. The molecule has 1 heterocycles. The molecule has 0 aliphatic heterocycles. The predicted molar refractivity (Wildman–Crippen MR) is 128 cm³/mol. The molecule has 5 nitrogen and oxygen atoms in total. The topological polar surface area (TPSA) is 75.6 Å². The Morgan fingerprint density at radius 3 is 2.81 bits per heavy atom. The highest BCUT2D eigenvalue weighted by Crippen LogP contribution is 2.62. The van der Waals surface area contributed by atoms with Crippen LogP contribution in [0.2, 0.25) is 0 Å². The van der Waals surface area contributed by atoms with Gasteiger partial charge in [-0.05, 0) is 73.5 Å². The monoisotopic (exact) mass is 455 g/mol. The Hall–Kier alpha value is -2.34. The van der Waals surface area contributed by atoms with E-state index in [0.717, 1.165) is 40.7 Å². The molecule has 4 atom stereocenters. The molecule has 3 aliphatic carbocycles. The third-order valence-corrected chi connectivity index (χ3v) is 8.76. The van der Waals surface area contributed by atoms with E-state index in [9.17, 15) is 9.59 Å². The van der Waals surface area contributed by atoms with Crippen molar-refractivity contribution < 1.29 is 19.4 Å². The standard InChI is InChI=1S/C26H33NO4S/c1-26(2)16-12-21(26)18(8-6-4-5-7-9-24(28)29)22(13-16)27-25(30)20-15-32-23-11-10-17(31-3)14-19(20)23/h4,6,10-11,14-16,18,21-22H,5,7-9,12-13H2,1-3H3,(H,27,30)(H,28,29)/t16-,18-,21+,22-/m0/s1. The maximum absolute atomic E-state index is 13.3. The molecule has 5 rings (SSSR count). The molecule has 2 aromatic rings. The zero-order valence-electron chi connectivity index (χ0n) is 19.1. The minimum absolute atomic E-state index is 0.00375. The number of rotatable bonds is 9. The van der Waals surface area contributed by atoms with E-state index in [1.54, 1.807) is 18.4 Å². The number of carboxylic acids is 1. The van der Waals surface area contributed by atoms with E-state index in [0.29, 0.717) is 29.6 Å². The molecule has 1 aromatic heterocycles. The van der Waals surface area contributed by atoms with Crippen molar-refractivity contribution in [2.75, 3.05) is 7.11 Å². The first-order valence-corrected chi connectivity index (χ1v) is 12.4. The lowest BCUT2D eigenvalue weighted by atomic mass is 9.44. The highest BCUT2D eigenvalue weighted by molar-refractivity contribution is 7.17. The van der Waals surface area contributed by atoms with Crippen LogP contribution in [0.5, 0.6) is 5.75 Å². The number of carbonyl (C=O) groups is 2. The smallest absolute Gasteiger partial charge is 0.303 e. The normalized spacial score (nSPS) is 26.1. The van der Waals surface area contributed by atoms with E-state index >= 15 is 0 Å². The minimum atomic E-state index is -0.741. The maximum atomic E-state index is 13.3. The van der Waals surface area contributed by atoms with E-state index in [2.05, 4.69) is 31.3 Å². The van der Waals surface area contributed by atoms with E-state index in [4.69, 9.17) is 9.84 Å². The Kier molecular flexibility index (Phi) is 6.61. The molecule has 2 N–H and O–H groups in total. The number of thiophene rings is 1. The van der Waals surface area contributed by atoms with Gasteiger partial charge < -0.3 is 15.2 Å². The van der Waals surface area contributed by atoms with Crippen LogP contribution >= 0.6 is 11.3 Å². The Bertz CT molecular complexity index is 1020. The zero-order valence-corrected chi connectivity index (χ0v) is 19.9. The van der Waals surface area contributed by atoms with Gasteiger partial charge in [0.25, 0.3) is 5.91 Å². The quantitative estimate of drug-likeness (QED) is 0.365. The Morgan fingerprint density at radius 1 is 1.28 bits per heavy atom. The summed E-state index contributed by atoms with van der Waals surface area (Å²) in [6.07, 6.45) is 9.18. The van der Waals surface area contributed by atoms with E-state index in [-0.39, 0.29) is 18.4 Å². The van der Waals surface area contributed by atoms with Crippen LogP contribution in [0.3, 0.4) is 0 Å². The average molecular weight is 456 g/mol. The summed E-state index contributed by atoms with van der Waals surface area (Å²) >= 11 is 1.59. The molecule has 6 heteroatoms. The first-order chi connectivity index (χ1) is 15.3. The van der Waals surface area contributed by atoms with Crippen molar-refractivity contribution in [1.29, 1.82) is 0 Å². The maximum Gasteiger partial charge on any atom is 0.303 e. The van der Waals surface area contributed by atoms with Crippen LogP contribution in [-0.2, 0) is 4.79 Å². The van der Waals surface area contributed by atoms with Crippen molar-refractivity contribution in [2.24, 2.45) is 23.2 Å². The number of ether oxygens (including phenoxy) is 1. The molecule has 0 spiro atoms. The number of methoxy groups -OCH3 is 1. The molecule has 2 bridgehead atoms. The molecule has 1 aromatic carbocycles. The fourth-order valence-corrected chi connectivity index (χ4v) is 6.66. The number of benzene rings is 1. The summed E-state index contributed by atoms with van der Waals surface area (Å²) in [4.78, 5) is 24.0. The Labute approximate surface area is 193 Å². The second kappa shape index (κ2) is 9.26. The van der Waals surface area contributed by atoms with Crippen LogP contribution in [-0.4, -0.2) is 30.1 Å². The summed E-state index contributed by atoms with van der Waals surface area (Å²) in [6.45, 7) is 4.73. The van der Waals surface area contributed by atoms with Gasteiger partial charge in [-0.3, -0.25) is 9.59 Å². The number of aliphatic carboxylic acids is 1. The number of fused-ring (bicyclic) bond motifs is 3. The SMILES string of the molecule is COc1ccc2scc(C(=O)N[C@H]3C[C@@H]4C[C@H]([C@@H]3CC=CCCCC(=O)O)C4(C)C)c2c1. The van der Waals surface area contributed by atoms with Gasteiger partial charge in [0.2, 0.25) is 0 Å². The molecular formula is C26H33NO4S. The number of hydrogen-bond donors (Lipinski definition) is 2. The lowest BCUT2D eigenvalue weighted by molar-refractivity contribution is -0.137. The summed E-state index contributed by atoms with van der Waals surface area (Å²) in [6, 6.07) is 6.05. The number of amides is 1. The minimum Gasteiger partial charge on any atom is -0.497 e. The molecule has 3 fully saturated rings. The third-order valence-electron chi connectivity index (χ3n) is 7.80. The van der Waals surface area contributed by atoms with Crippen molar-refractivity contribution in [3.05, 3.63) is 41.3 Å². The van der Waals surface area contributed by atoms with Crippen LogP contribution in [0.4, 0.5) is 0 Å².